The number of rotatable bonds is 5. The van der Waals surface area contributed by atoms with E-state index in [9.17, 15) is 13.2 Å². The second-order valence-electron chi connectivity index (χ2n) is 7.45. The number of carbonyl (C=O) groups is 1. The van der Waals surface area contributed by atoms with Gasteiger partial charge in [0.1, 0.15) is 5.37 Å². The van der Waals surface area contributed by atoms with Crippen molar-refractivity contribution < 1.29 is 17.9 Å². The third-order valence-electron chi connectivity index (χ3n) is 5.80. The zero-order chi connectivity index (χ0) is 20.6. The normalized spacial score (nSPS) is 15.1. The molecule has 0 radical (unpaired) electrons. The number of fused-ring (bicyclic) bond motifs is 3. The van der Waals surface area contributed by atoms with Gasteiger partial charge in [0.15, 0.2) is 9.84 Å². The van der Waals surface area contributed by atoms with Crippen LogP contribution in [0.25, 0.3) is 10.9 Å². The smallest absolute Gasteiger partial charge is 0.337 e. The van der Waals surface area contributed by atoms with Crippen LogP contribution in [0, 0.1) is 0 Å². The van der Waals surface area contributed by atoms with Gasteiger partial charge in [-0.25, -0.2) is 13.2 Å². The quantitative estimate of drug-likeness (QED) is 0.572. The van der Waals surface area contributed by atoms with Crippen molar-refractivity contribution in [3.8, 4) is 0 Å². The minimum Gasteiger partial charge on any atom is -0.465 e. The highest BCUT2D eigenvalue weighted by atomic mass is 32.2. The summed E-state index contributed by atoms with van der Waals surface area (Å²) < 4.78 is 33.9. The van der Waals surface area contributed by atoms with Gasteiger partial charge < -0.3 is 9.30 Å². The Kier molecular flexibility index (Phi) is 5.21. The maximum Gasteiger partial charge on any atom is 0.337 e. The van der Waals surface area contributed by atoms with E-state index in [2.05, 4.69) is 0 Å². The predicted octanol–water partition coefficient (Wildman–Crippen LogP) is 4.69. The van der Waals surface area contributed by atoms with Crippen LogP contribution in [0.15, 0.2) is 53.4 Å². The van der Waals surface area contributed by atoms with Gasteiger partial charge in [0.05, 0.1) is 17.6 Å². The summed E-state index contributed by atoms with van der Waals surface area (Å²) in [7, 11) is -2.19. The molecule has 0 N–H and O–H groups in total. The number of esters is 1. The Morgan fingerprint density at radius 2 is 1.83 bits per heavy atom. The van der Waals surface area contributed by atoms with E-state index in [4.69, 9.17) is 4.74 Å². The molecule has 6 heteroatoms. The Bertz CT molecular complexity index is 1160. The number of nitrogens with zero attached hydrogens (tertiary/aromatic N) is 1. The molecule has 1 atom stereocenters. The number of ether oxygens (including phenoxy) is 1. The first-order chi connectivity index (χ1) is 14.0. The summed E-state index contributed by atoms with van der Waals surface area (Å²) in [6.07, 6.45) is 4.31. The van der Waals surface area contributed by atoms with Crippen molar-refractivity contribution in [1.82, 2.24) is 4.57 Å². The lowest BCUT2D eigenvalue weighted by molar-refractivity contribution is 0.0601. The van der Waals surface area contributed by atoms with Crippen LogP contribution < -0.4 is 0 Å². The van der Waals surface area contributed by atoms with Gasteiger partial charge in [-0.15, -0.1) is 0 Å². The molecule has 1 aliphatic rings. The number of hydrogen-bond acceptors (Lipinski definition) is 4. The molecule has 1 heterocycles. The summed E-state index contributed by atoms with van der Waals surface area (Å²) in [5.41, 5.74) is 3.61. The molecule has 0 spiro atoms. The lowest BCUT2D eigenvalue weighted by atomic mass is 9.95. The van der Waals surface area contributed by atoms with E-state index in [0.29, 0.717) is 16.9 Å². The van der Waals surface area contributed by atoms with Crippen molar-refractivity contribution in [3.05, 3.63) is 65.4 Å². The van der Waals surface area contributed by atoms with Crippen molar-refractivity contribution in [2.75, 3.05) is 7.11 Å². The van der Waals surface area contributed by atoms with Crippen LogP contribution >= 0.6 is 0 Å². The molecule has 0 fully saturated rings. The molecule has 5 nitrogen and oxygen atoms in total. The first kappa shape index (κ1) is 19.7. The molecule has 0 saturated carbocycles. The van der Waals surface area contributed by atoms with E-state index in [1.807, 2.05) is 29.7 Å². The van der Waals surface area contributed by atoms with Crippen molar-refractivity contribution in [2.24, 2.45) is 0 Å². The van der Waals surface area contributed by atoms with Crippen molar-refractivity contribution in [2.45, 2.75) is 49.3 Å². The molecular formula is C23H25NO4S. The minimum absolute atomic E-state index is 0.337. The average molecular weight is 412 g/mol. The van der Waals surface area contributed by atoms with Crippen LogP contribution in [0.3, 0.4) is 0 Å². The first-order valence-electron chi connectivity index (χ1n) is 10.0. The molecule has 1 aromatic heterocycles. The number of hydrogen-bond donors (Lipinski definition) is 0. The molecule has 0 amide bonds. The highest BCUT2D eigenvalue weighted by molar-refractivity contribution is 7.91. The number of aryl methyl sites for hydroxylation is 1. The van der Waals surface area contributed by atoms with E-state index in [1.165, 1.54) is 12.7 Å². The molecule has 0 saturated heterocycles. The van der Waals surface area contributed by atoms with E-state index in [1.54, 1.807) is 30.3 Å². The van der Waals surface area contributed by atoms with Gasteiger partial charge in [-0.1, -0.05) is 25.1 Å². The van der Waals surface area contributed by atoms with Gasteiger partial charge in [0.25, 0.3) is 0 Å². The summed E-state index contributed by atoms with van der Waals surface area (Å²) >= 11 is 0. The number of methoxy groups -OCH3 is 1. The largest absolute Gasteiger partial charge is 0.465 e. The highest BCUT2D eigenvalue weighted by Gasteiger charge is 2.32. The summed E-state index contributed by atoms with van der Waals surface area (Å²) in [6, 6.07) is 14.1. The van der Waals surface area contributed by atoms with E-state index >= 15 is 0 Å². The standard InChI is InChI=1S/C23H25NO4S/c1-3-22(29(26,27)17-9-5-4-6-10-17)24-20-12-8-7-11-18(20)19-15-16(23(25)28-2)13-14-21(19)24/h4-6,9-10,13-15,22H,3,7-8,11-12H2,1-2H3. The average Bonchev–Trinajstić information content (AvgIpc) is 3.08. The van der Waals surface area contributed by atoms with Crippen LogP contribution in [0.4, 0.5) is 0 Å². The van der Waals surface area contributed by atoms with Gasteiger partial charge in [0.2, 0.25) is 0 Å². The topological polar surface area (TPSA) is 65.4 Å². The van der Waals surface area contributed by atoms with E-state index in [0.717, 1.165) is 42.3 Å². The Hall–Kier alpha value is -2.60. The second kappa shape index (κ2) is 7.67. The maximum atomic E-state index is 13.5. The summed E-state index contributed by atoms with van der Waals surface area (Å²) in [6.45, 7) is 1.91. The molecule has 1 aliphatic carbocycles. The molecule has 152 valence electrons. The van der Waals surface area contributed by atoms with Crippen LogP contribution in [0.5, 0.6) is 0 Å². The molecule has 4 rings (SSSR count). The van der Waals surface area contributed by atoms with Crippen LogP contribution in [-0.4, -0.2) is 26.1 Å². The number of carbonyl (C=O) groups excluding carboxylic acids is 1. The van der Waals surface area contributed by atoms with Gasteiger partial charge in [-0.2, -0.15) is 0 Å². The lowest BCUT2D eigenvalue weighted by Gasteiger charge is -2.24. The van der Waals surface area contributed by atoms with Crippen LogP contribution in [0.1, 0.15) is 53.2 Å². The zero-order valence-electron chi connectivity index (χ0n) is 16.7. The third-order valence-corrected chi connectivity index (χ3v) is 7.99. The third kappa shape index (κ3) is 3.25. The fourth-order valence-electron chi connectivity index (χ4n) is 4.46. The summed E-state index contributed by atoms with van der Waals surface area (Å²) in [5.74, 6) is -0.381. The Morgan fingerprint density at radius 3 is 2.52 bits per heavy atom. The van der Waals surface area contributed by atoms with Gasteiger partial charge >= 0.3 is 5.97 Å². The Labute approximate surface area is 171 Å². The monoisotopic (exact) mass is 411 g/mol. The first-order valence-corrected chi connectivity index (χ1v) is 11.6. The Morgan fingerprint density at radius 1 is 1.10 bits per heavy atom. The van der Waals surface area contributed by atoms with Crippen molar-refractivity contribution >= 4 is 26.7 Å². The van der Waals surface area contributed by atoms with Crippen molar-refractivity contribution in [1.29, 1.82) is 0 Å². The van der Waals surface area contributed by atoms with Gasteiger partial charge in [0, 0.05) is 16.6 Å². The molecule has 2 aromatic carbocycles. The molecular weight excluding hydrogens is 386 g/mol. The minimum atomic E-state index is -3.56. The van der Waals surface area contributed by atoms with E-state index < -0.39 is 15.2 Å². The molecule has 29 heavy (non-hydrogen) atoms. The fraction of sp³-hybridized carbons (Fsp3) is 0.348. The number of sulfone groups is 1. The zero-order valence-corrected chi connectivity index (χ0v) is 17.5. The summed E-state index contributed by atoms with van der Waals surface area (Å²) in [5, 5.41) is 0.280. The fourth-order valence-corrected chi connectivity index (χ4v) is 6.27. The predicted molar refractivity (Wildman–Crippen MR) is 113 cm³/mol. The SMILES string of the molecule is CCC(n1c2c(c3cc(C(=O)OC)ccc31)CCCC2)S(=O)(=O)c1ccccc1. The van der Waals surface area contributed by atoms with Crippen molar-refractivity contribution in [3.63, 3.8) is 0 Å². The number of aromatic nitrogens is 1. The summed E-state index contributed by atoms with van der Waals surface area (Å²) in [4.78, 5) is 12.4. The number of benzene rings is 2. The lowest BCUT2D eigenvalue weighted by Crippen LogP contribution is -2.22. The molecule has 0 bridgehead atoms. The van der Waals surface area contributed by atoms with Gasteiger partial charge in [-0.3, -0.25) is 0 Å². The van der Waals surface area contributed by atoms with Crippen LogP contribution in [-0.2, 0) is 27.4 Å². The molecule has 1 unspecified atom stereocenters. The second-order valence-corrected chi connectivity index (χ2v) is 9.55. The Balaban J connectivity index is 1.96. The highest BCUT2D eigenvalue weighted by Crippen LogP contribution is 2.39. The van der Waals surface area contributed by atoms with Crippen LogP contribution in [0.2, 0.25) is 0 Å². The van der Waals surface area contributed by atoms with Gasteiger partial charge in [-0.05, 0) is 68.0 Å². The molecule has 3 aromatic rings. The van der Waals surface area contributed by atoms with E-state index in [-0.39, 0.29) is 5.97 Å². The maximum absolute atomic E-state index is 13.5. The molecule has 0 aliphatic heterocycles.